The predicted octanol–water partition coefficient (Wildman–Crippen LogP) is 11.2. The number of anilines is 4. The third-order valence-corrected chi connectivity index (χ3v) is 9.13. The highest BCUT2D eigenvalue weighted by molar-refractivity contribution is 7.23. The number of thiophene rings is 1. The van der Waals surface area contributed by atoms with Crippen LogP contribution in [0.3, 0.4) is 0 Å². The molecular formula is C40H32N4S. The number of para-hydroxylation sites is 2. The molecule has 218 valence electrons. The Labute approximate surface area is 267 Å². The lowest BCUT2D eigenvalue weighted by Gasteiger charge is -2.25. The van der Waals surface area contributed by atoms with E-state index in [1.54, 1.807) is 11.3 Å². The van der Waals surface area contributed by atoms with Crippen LogP contribution in [-0.4, -0.2) is 17.0 Å². The first-order chi connectivity index (χ1) is 22.1. The number of hydrogen-bond acceptors (Lipinski definition) is 5. The van der Waals surface area contributed by atoms with E-state index in [0.29, 0.717) is 5.95 Å². The number of nitrogens with zero attached hydrogens (tertiary/aromatic N) is 4. The van der Waals surface area contributed by atoms with Crippen LogP contribution in [0.15, 0.2) is 158 Å². The van der Waals surface area contributed by atoms with Gasteiger partial charge in [-0.15, -0.1) is 11.3 Å². The van der Waals surface area contributed by atoms with Gasteiger partial charge in [-0.05, 0) is 72.5 Å². The van der Waals surface area contributed by atoms with Gasteiger partial charge in [0.1, 0.15) is 0 Å². The van der Waals surface area contributed by atoms with E-state index in [-0.39, 0.29) is 0 Å². The Morgan fingerprint density at radius 2 is 1.29 bits per heavy atom. The van der Waals surface area contributed by atoms with Crippen LogP contribution in [0.1, 0.15) is 6.92 Å². The third-order valence-electron chi connectivity index (χ3n) is 7.91. The lowest BCUT2D eigenvalue weighted by molar-refractivity contribution is 1.03. The van der Waals surface area contributed by atoms with Crippen molar-refractivity contribution in [2.45, 2.75) is 6.92 Å². The Morgan fingerprint density at radius 3 is 1.91 bits per heavy atom. The second kappa shape index (κ2) is 12.2. The Kier molecular flexibility index (Phi) is 7.68. The van der Waals surface area contributed by atoms with Crippen LogP contribution in [0.5, 0.6) is 0 Å². The normalized spacial score (nSPS) is 11.3. The average molecular weight is 601 g/mol. The molecule has 5 heteroatoms. The molecule has 4 nitrogen and oxygen atoms in total. The van der Waals surface area contributed by atoms with Gasteiger partial charge in [0.25, 0.3) is 0 Å². The van der Waals surface area contributed by atoms with Gasteiger partial charge in [-0.25, -0.2) is 9.97 Å². The topological polar surface area (TPSA) is 32.3 Å². The molecule has 0 fully saturated rings. The number of benzene rings is 5. The molecule has 0 aliphatic carbocycles. The minimum absolute atomic E-state index is 0.610. The smallest absolute Gasteiger partial charge is 0.230 e. The zero-order chi connectivity index (χ0) is 30.8. The molecule has 2 aromatic heterocycles. The summed E-state index contributed by atoms with van der Waals surface area (Å²) in [6, 6.07) is 46.7. The van der Waals surface area contributed by atoms with Crippen LogP contribution < -0.4 is 9.80 Å². The molecule has 0 saturated carbocycles. The Morgan fingerprint density at radius 1 is 0.689 bits per heavy atom. The van der Waals surface area contributed by atoms with Gasteiger partial charge in [-0.3, -0.25) is 0 Å². The van der Waals surface area contributed by atoms with Crippen LogP contribution in [0, 0.1) is 0 Å². The lowest BCUT2D eigenvalue weighted by atomic mass is 10.0. The van der Waals surface area contributed by atoms with Gasteiger partial charge in [0.05, 0.1) is 11.2 Å². The van der Waals surface area contributed by atoms with Gasteiger partial charge in [0.15, 0.2) is 0 Å². The second-order valence-electron chi connectivity index (χ2n) is 10.8. The van der Waals surface area contributed by atoms with Crippen LogP contribution >= 0.6 is 11.3 Å². The molecule has 0 unspecified atom stereocenters. The predicted molar refractivity (Wildman–Crippen MR) is 193 cm³/mol. The van der Waals surface area contributed by atoms with E-state index in [2.05, 4.69) is 133 Å². The number of hydrogen-bond donors (Lipinski definition) is 0. The minimum Gasteiger partial charge on any atom is -0.314 e. The van der Waals surface area contributed by atoms with Crippen molar-refractivity contribution >= 4 is 55.3 Å². The molecule has 0 atom stereocenters. The fraction of sp³-hybridized carbons (Fsp3) is 0.0500. The van der Waals surface area contributed by atoms with Gasteiger partial charge in [0, 0.05) is 50.3 Å². The molecule has 5 aromatic carbocycles. The zero-order valence-corrected chi connectivity index (χ0v) is 26.1. The maximum atomic E-state index is 5.21. The van der Waals surface area contributed by atoms with Crippen molar-refractivity contribution in [3.05, 3.63) is 158 Å². The minimum atomic E-state index is 0.610. The van der Waals surface area contributed by atoms with E-state index in [1.165, 1.54) is 20.5 Å². The fourth-order valence-electron chi connectivity index (χ4n) is 5.61. The number of likely N-dealkylation sites (N-methyl/N-ethyl adjacent to an activating group) is 1. The molecule has 0 radical (unpaired) electrons. The Bertz CT molecular complexity index is 2100. The summed E-state index contributed by atoms with van der Waals surface area (Å²) < 4.78 is 1.18. The van der Waals surface area contributed by atoms with E-state index >= 15 is 0 Å². The Hall–Kier alpha value is -5.52. The monoisotopic (exact) mass is 600 g/mol. The average Bonchev–Trinajstić information content (AvgIpc) is 3.54. The van der Waals surface area contributed by atoms with Crippen molar-refractivity contribution in [1.29, 1.82) is 0 Å². The number of rotatable bonds is 8. The van der Waals surface area contributed by atoms with Crippen LogP contribution in [-0.2, 0) is 0 Å². The summed E-state index contributed by atoms with van der Waals surface area (Å²) in [7, 11) is 1.96. The molecule has 0 spiro atoms. The SMILES string of the molecule is C=C(/C=C\C)N(C)c1nc(-c2ccc(N(c3ccccc3)c3ccccc3)cc2)c2c(ccc3cc(-c4ccccc4)sc32)n1. The van der Waals surface area contributed by atoms with Crippen molar-refractivity contribution in [2.24, 2.45) is 0 Å². The molecule has 2 heterocycles. The van der Waals surface area contributed by atoms with Crippen LogP contribution in [0.4, 0.5) is 23.0 Å². The molecule has 0 aliphatic rings. The van der Waals surface area contributed by atoms with E-state index in [1.807, 2.05) is 43.2 Å². The van der Waals surface area contributed by atoms with Crippen LogP contribution in [0.2, 0.25) is 0 Å². The highest BCUT2D eigenvalue weighted by Gasteiger charge is 2.19. The first-order valence-electron chi connectivity index (χ1n) is 15.0. The largest absolute Gasteiger partial charge is 0.314 e. The van der Waals surface area contributed by atoms with E-state index < -0.39 is 0 Å². The van der Waals surface area contributed by atoms with Crippen molar-refractivity contribution in [3.8, 4) is 21.7 Å². The molecule has 7 aromatic rings. The van der Waals surface area contributed by atoms with Crippen molar-refractivity contribution < 1.29 is 0 Å². The number of allylic oxidation sites excluding steroid dienone is 2. The quantitative estimate of drug-likeness (QED) is 0.162. The highest BCUT2D eigenvalue weighted by atomic mass is 32.1. The van der Waals surface area contributed by atoms with Gasteiger partial charge >= 0.3 is 0 Å². The number of fused-ring (bicyclic) bond motifs is 3. The molecule has 0 aliphatic heterocycles. The van der Waals surface area contributed by atoms with E-state index in [9.17, 15) is 0 Å². The molecule has 0 amide bonds. The van der Waals surface area contributed by atoms with Gasteiger partial charge in [-0.2, -0.15) is 0 Å². The van der Waals surface area contributed by atoms with Crippen LogP contribution in [0.25, 0.3) is 42.7 Å². The molecule has 45 heavy (non-hydrogen) atoms. The summed E-state index contributed by atoms with van der Waals surface area (Å²) in [5, 5.41) is 2.25. The maximum Gasteiger partial charge on any atom is 0.230 e. The summed E-state index contributed by atoms with van der Waals surface area (Å²) in [4.78, 5) is 15.7. The van der Waals surface area contributed by atoms with E-state index in [0.717, 1.165) is 44.9 Å². The first-order valence-corrected chi connectivity index (χ1v) is 15.8. The van der Waals surface area contributed by atoms with Gasteiger partial charge < -0.3 is 9.80 Å². The van der Waals surface area contributed by atoms with Gasteiger partial charge in [0.2, 0.25) is 5.95 Å². The standard InChI is InChI=1S/C40H32N4S/c1-4-14-28(2)43(3)40-41-35-26-23-31-27-36(29-15-8-5-9-16-29)45-39(31)37(35)38(42-40)30-21-24-34(25-22-30)44(32-17-10-6-11-18-32)33-19-12-7-13-20-33/h4-27H,2H2,1,3H3/b14-4-. The molecule has 0 saturated heterocycles. The summed E-state index contributed by atoms with van der Waals surface area (Å²) in [6.45, 7) is 6.22. The van der Waals surface area contributed by atoms with E-state index in [4.69, 9.17) is 9.97 Å². The van der Waals surface area contributed by atoms with Crippen molar-refractivity contribution in [2.75, 3.05) is 16.8 Å². The third kappa shape index (κ3) is 5.50. The second-order valence-corrected chi connectivity index (χ2v) is 11.9. The lowest BCUT2D eigenvalue weighted by Crippen LogP contribution is -2.17. The van der Waals surface area contributed by atoms with Crippen molar-refractivity contribution in [1.82, 2.24) is 9.97 Å². The Balaban J connectivity index is 1.41. The van der Waals surface area contributed by atoms with Crippen molar-refractivity contribution in [3.63, 3.8) is 0 Å². The summed E-state index contributed by atoms with van der Waals surface area (Å²) in [5.41, 5.74) is 8.14. The molecule has 0 N–H and O–H groups in total. The zero-order valence-electron chi connectivity index (χ0n) is 25.3. The summed E-state index contributed by atoms with van der Waals surface area (Å²) in [6.07, 6.45) is 3.95. The summed E-state index contributed by atoms with van der Waals surface area (Å²) >= 11 is 1.79. The summed E-state index contributed by atoms with van der Waals surface area (Å²) in [5.74, 6) is 0.610. The first kappa shape index (κ1) is 28.3. The fourth-order valence-corrected chi connectivity index (χ4v) is 6.82. The number of aromatic nitrogens is 2. The molecule has 0 bridgehead atoms. The highest BCUT2D eigenvalue weighted by Crippen LogP contribution is 2.42. The molecule has 7 rings (SSSR count). The maximum absolute atomic E-state index is 5.21. The molecular weight excluding hydrogens is 569 g/mol. The van der Waals surface area contributed by atoms with Gasteiger partial charge in [-0.1, -0.05) is 97.6 Å².